The van der Waals surface area contributed by atoms with Crippen molar-refractivity contribution in [2.24, 2.45) is 10.9 Å². The van der Waals surface area contributed by atoms with Gasteiger partial charge < -0.3 is 15.4 Å². The van der Waals surface area contributed by atoms with Gasteiger partial charge in [0.2, 0.25) is 5.91 Å². The molecule has 1 rings (SSSR count). The lowest BCUT2D eigenvalue weighted by Crippen LogP contribution is -2.43. The van der Waals surface area contributed by atoms with Crippen LogP contribution in [-0.2, 0) is 14.3 Å². The van der Waals surface area contributed by atoms with Crippen LogP contribution in [0, 0.1) is 5.92 Å². The van der Waals surface area contributed by atoms with Crippen LogP contribution in [0.1, 0.15) is 39.0 Å². The molecular formula is C21H31N3O3. The van der Waals surface area contributed by atoms with Gasteiger partial charge in [-0.1, -0.05) is 38.5 Å². The Balaban J connectivity index is 2.52. The summed E-state index contributed by atoms with van der Waals surface area (Å²) in [7, 11) is 1.30. The molecule has 1 aliphatic rings. The molecule has 6 nitrogen and oxygen atoms in total. The summed E-state index contributed by atoms with van der Waals surface area (Å²) in [6, 6.07) is -0.434. The first-order valence-corrected chi connectivity index (χ1v) is 9.32. The Hall–Kier alpha value is -2.63. The van der Waals surface area contributed by atoms with Gasteiger partial charge in [0.25, 0.3) is 0 Å². The van der Waals surface area contributed by atoms with Gasteiger partial charge in [0, 0.05) is 18.8 Å². The largest absolute Gasteiger partial charge is 0.466 e. The minimum absolute atomic E-state index is 0.0600. The molecule has 6 heteroatoms. The Morgan fingerprint density at radius 1 is 1.26 bits per heavy atom. The second-order valence-electron chi connectivity index (χ2n) is 6.59. The van der Waals surface area contributed by atoms with E-state index >= 15 is 0 Å². The third kappa shape index (κ3) is 9.58. The molecule has 0 aromatic heterocycles. The van der Waals surface area contributed by atoms with E-state index in [0.717, 1.165) is 6.54 Å². The topological polar surface area (TPSA) is 79.8 Å². The number of ether oxygens (including phenoxy) is 1. The fourth-order valence-corrected chi connectivity index (χ4v) is 2.76. The third-order valence-corrected chi connectivity index (χ3v) is 4.33. The highest BCUT2D eigenvalue weighted by molar-refractivity contribution is 5.88. The molecular weight excluding hydrogens is 342 g/mol. The normalized spacial score (nSPS) is 16.9. The van der Waals surface area contributed by atoms with Crippen LogP contribution in [0.4, 0.5) is 0 Å². The monoisotopic (exact) mass is 373 g/mol. The van der Waals surface area contributed by atoms with Crippen molar-refractivity contribution in [3.05, 3.63) is 48.9 Å². The van der Waals surface area contributed by atoms with Gasteiger partial charge in [0.1, 0.15) is 11.9 Å². The summed E-state index contributed by atoms with van der Waals surface area (Å²) < 4.78 is 4.52. The lowest BCUT2D eigenvalue weighted by Gasteiger charge is -2.23. The maximum Gasteiger partial charge on any atom is 0.330 e. The molecule has 27 heavy (non-hydrogen) atoms. The molecule has 0 spiro atoms. The van der Waals surface area contributed by atoms with Crippen molar-refractivity contribution < 1.29 is 14.3 Å². The highest BCUT2D eigenvalue weighted by Crippen LogP contribution is 2.22. The van der Waals surface area contributed by atoms with Crippen molar-refractivity contribution in [2.75, 3.05) is 13.7 Å². The molecule has 0 aromatic carbocycles. The smallest absolute Gasteiger partial charge is 0.330 e. The van der Waals surface area contributed by atoms with E-state index in [2.05, 4.69) is 33.5 Å². The van der Waals surface area contributed by atoms with E-state index in [-0.39, 0.29) is 5.91 Å². The average molecular weight is 373 g/mol. The van der Waals surface area contributed by atoms with Crippen LogP contribution >= 0.6 is 0 Å². The number of hydrogen-bond acceptors (Lipinski definition) is 5. The van der Waals surface area contributed by atoms with Gasteiger partial charge in [-0.15, -0.1) is 0 Å². The summed E-state index contributed by atoms with van der Waals surface area (Å²) in [6.45, 7) is 9.96. The average Bonchev–Trinajstić information content (AvgIpc) is 2.69. The van der Waals surface area contributed by atoms with Crippen molar-refractivity contribution >= 4 is 18.1 Å². The zero-order chi connectivity index (χ0) is 20.1. The molecule has 2 N–H and O–H groups in total. The molecule has 0 bridgehead atoms. The SMILES string of the molecule is C=C/C=C(\N=C/C(=C)/C=C/C(=O)OC)N[C@H](C)C(=O)NCC1CCCCC1. The van der Waals surface area contributed by atoms with Crippen LogP contribution < -0.4 is 10.6 Å². The lowest BCUT2D eigenvalue weighted by molar-refractivity contribution is -0.134. The summed E-state index contributed by atoms with van der Waals surface area (Å²) in [5.74, 6) is 0.543. The first kappa shape index (κ1) is 22.4. The summed E-state index contributed by atoms with van der Waals surface area (Å²) in [5, 5.41) is 6.08. The Bertz CT molecular complexity index is 614. The number of allylic oxidation sites excluding steroid dienone is 4. The zero-order valence-electron chi connectivity index (χ0n) is 16.4. The standard InChI is InChI=1S/C21H31N3O3/c1-5-9-19(22-14-16(2)12-13-20(25)27-4)24-17(3)21(26)23-15-18-10-7-6-8-11-18/h5,9,12-14,17-18,24H,1-2,6-8,10-11,15H2,3-4H3,(H,23,26)/b13-12+,19-9+,22-14-/t17-/m1/s1. The van der Waals surface area contributed by atoms with E-state index < -0.39 is 12.0 Å². The predicted octanol–water partition coefficient (Wildman–Crippen LogP) is 3.04. The molecule has 0 heterocycles. The number of esters is 1. The van der Waals surface area contributed by atoms with E-state index in [1.807, 2.05) is 0 Å². The van der Waals surface area contributed by atoms with Gasteiger partial charge in [-0.3, -0.25) is 4.79 Å². The number of rotatable bonds is 10. The number of hydrogen-bond donors (Lipinski definition) is 2. The molecule has 148 valence electrons. The van der Waals surface area contributed by atoms with Gasteiger partial charge in [0.05, 0.1) is 7.11 Å². The predicted molar refractivity (Wildman–Crippen MR) is 109 cm³/mol. The molecule has 1 saturated carbocycles. The third-order valence-electron chi connectivity index (χ3n) is 4.33. The number of carbonyl (C=O) groups is 2. The maximum atomic E-state index is 12.3. The van der Waals surface area contributed by atoms with Gasteiger partial charge in [-0.25, -0.2) is 9.79 Å². The Labute approximate surface area is 162 Å². The Kier molecular flexibility index (Phi) is 10.5. The number of nitrogens with zero attached hydrogens (tertiary/aromatic N) is 1. The van der Waals surface area contributed by atoms with Crippen molar-refractivity contribution in [3.63, 3.8) is 0 Å². The molecule has 1 aliphatic carbocycles. The van der Waals surface area contributed by atoms with Crippen molar-refractivity contribution in [1.82, 2.24) is 10.6 Å². The maximum absolute atomic E-state index is 12.3. The van der Waals surface area contributed by atoms with Crippen LogP contribution in [0.5, 0.6) is 0 Å². The van der Waals surface area contributed by atoms with Gasteiger partial charge in [-0.2, -0.15) is 0 Å². The quantitative estimate of drug-likeness (QED) is 0.267. The first-order valence-electron chi connectivity index (χ1n) is 9.32. The molecule has 0 unspecified atom stereocenters. The van der Waals surface area contributed by atoms with Crippen molar-refractivity contribution in [3.8, 4) is 0 Å². The van der Waals surface area contributed by atoms with Gasteiger partial charge in [-0.05, 0) is 43.4 Å². The van der Waals surface area contributed by atoms with E-state index in [0.29, 0.717) is 17.3 Å². The molecule has 0 saturated heterocycles. The first-order chi connectivity index (χ1) is 13.0. The van der Waals surface area contributed by atoms with E-state index in [1.165, 1.54) is 57.6 Å². The molecule has 1 atom stereocenters. The van der Waals surface area contributed by atoms with Crippen molar-refractivity contribution in [1.29, 1.82) is 0 Å². The van der Waals surface area contributed by atoms with E-state index in [4.69, 9.17) is 0 Å². The highest BCUT2D eigenvalue weighted by atomic mass is 16.5. The minimum atomic E-state index is -0.465. The second kappa shape index (κ2) is 12.7. The molecule has 0 aromatic rings. The number of methoxy groups -OCH3 is 1. The highest BCUT2D eigenvalue weighted by Gasteiger charge is 2.17. The van der Waals surface area contributed by atoms with Crippen molar-refractivity contribution in [2.45, 2.75) is 45.1 Å². The van der Waals surface area contributed by atoms with Gasteiger partial charge in [0.15, 0.2) is 0 Å². The lowest BCUT2D eigenvalue weighted by atomic mass is 9.89. The molecule has 1 fully saturated rings. The van der Waals surface area contributed by atoms with Crippen LogP contribution in [0.25, 0.3) is 0 Å². The molecule has 0 aliphatic heterocycles. The fraction of sp³-hybridized carbons (Fsp3) is 0.476. The minimum Gasteiger partial charge on any atom is -0.466 e. The summed E-state index contributed by atoms with van der Waals surface area (Å²) in [6.07, 6.45) is 13.7. The number of aliphatic imine (C=N–C) groups is 1. The molecule has 1 amide bonds. The van der Waals surface area contributed by atoms with E-state index in [9.17, 15) is 9.59 Å². The second-order valence-corrected chi connectivity index (χ2v) is 6.59. The molecule has 0 radical (unpaired) electrons. The van der Waals surface area contributed by atoms with Crippen LogP contribution in [-0.4, -0.2) is 37.8 Å². The fourth-order valence-electron chi connectivity index (χ4n) is 2.76. The van der Waals surface area contributed by atoms with Crippen LogP contribution in [0.2, 0.25) is 0 Å². The number of nitrogens with one attached hydrogen (secondary N) is 2. The van der Waals surface area contributed by atoms with Crippen LogP contribution in [0.15, 0.2) is 53.8 Å². The zero-order valence-corrected chi connectivity index (χ0v) is 16.4. The summed E-state index contributed by atoms with van der Waals surface area (Å²) in [5.41, 5.74) is 0.520. The summed E-state index contributed by atoms with van der Waals surface area (Å²) in [4.78, 5) is 27.7. The van der Waals surface area contributed by atoms with Gasteiger partial charge >= 0.3 is 5.97 Å². The summed E-state index contributed by atoms with van der Waals surface area (Å²) >= 11 is 0. The van der Waals surface area contributed by atoms with Crippen LogP contribution in [0.3, 0.4) is 0 Å². The number of carbonyl (C=O) groups excluding carboxylic acids is 2. The Morgan fingerprint density at radius 2 is 1.96 bits per heavy atom. The Morgan fingerprint density at radius 3 is 2.59 bits per heavy atom. The van der Waals surface area contributed by atoms with E-state index in [1.54, 1.807) is 19.1 Å². The number of amides is 1.